The van der Waals surface area contributed by atoms with Crippen LogP contribution < -0.4 is 16.3 Å². The number of aliphatic hydroxyl groups is 1. The van der Waals surface area contributed by atoms with Gasteiger partial charge in [-0.25, -0.2) is 9.88 Å². The van der Waals surface area contributed by atoms with Crippen molar-refractivity contribution in [2.45, 2.75) is 83.4 Å². The highest BCUT2D eigenvalue weighted by molar-refractivity contribution is 8.13. The number of esters is 1. The van der Waals surface area contributed by atoms with Crippen LogP contribution in [0.4, 0.5) is 0 Å². The average Bonchev–Trinajstić information content (AvgIpc) is 3.05. The number of carbonyl (C=O) groups excluding carboxylic acids is 2. The van der Waals surface area contributed by atoms with E-state index in [0.29, 0.717) is 0 Å². The van der Waals surface area contributed by atoms with Crippen LogP contribution in [0, 0.1) is 12.3 Å². The molecule has 0 radical (unpaired) electrons. The van der Waals surface area contributed by atoms with Gasteiger partial charge in [0.1, 0.15) is 18.2 Å². The molecule has 3 N–H and O–H groups in total. The first kappa shape index (κ1) is 35.4. The van der Waals surface area contributed by atoms with E-state index < -0.39 is 58.1 Å². The standard InChI is InChI=1S/C23H36Cl2N3O9PS2/c1-12(2)36-18(31)14(4)27-38(39,34-8-9-40-20(32)22(5,6)7)35-11-15-16(29)23(24,25)19(37-15)28-10-13(3)17(30)26-21(28)33/h10,12,14-16,19,29H,8-9,11H2,1-7H3,(H,27,39)(H,26,30,33)/t14-,15-,16-,19-,38-/m1/s1. The second kappa shape index (κ2) is 14.1. The molecular weight excluding hydrogens is 628 g/mol. The van der Waals surface area contributed by atoms with Crippen molar-refractivity contribution in [3.63, 3.8) is 0 Å². The molecular formula is C23H36Cl2N3O9PS2. The van der Waals surface area contributed by atoms with Gasteiger partial charge in [0.05, 0.1) is 19.3 Å². The number of hydrogen-bond acceptors (Lipinski definition) is 11. The third-order valence-corrected chi connectivity index (χ3v) is 10.2. The van der Waals surface area contributed by atoms with Gasteiger partial charge in [-0.1, -0.05) is 55.7 Å². The Balaban J connectivity index is 2.19. The summed E-state index contributed by atoms with van der Waals surface area (Å²) in [6.07, 6.45) is -3.26. The molecule has 1 saturated heterocycles. The molecule has 1 aliphatic heterocycles. The summed E-state index contributed by atoms with van der Waals surface area (Å²) >= 11 is 19.5. The molecule has 5 atom stereocenters. The lowest BCUT2D eigenvalue weighted by Crippen LogP contribution is -2.42. The first-order valence-electron chi connectivity index (χ1n) is 12.4. The molecule has 1 aromatic heterocycles. The monoisotopic (exact) mass is 663 g/mol. The second-order valence-electron chi connectivity index (χ2n) is 10.5. The Kier molecular flexibility index (Phi) is 12.5. The van der Waals surface area contributed by atoms with Crippen LogP contribution in [-0.4, -0.2) is 73.4 Å². The van der Waals surface area contributed by atoms with Crippen LogP contribution in [-0.2, 0) is 39.9 Å². The number of H-pyrrole nitrogens is 1. The molecule has 228 valence electrons. The number of nitrogens with one attached hydrogen (secondary N) is 2. The predicted molar refractivity (Wildman–Crippen MR) is 157 cm³/mol. The smallest absolute Gasteiger partial charge is 0.330 e. The molecule has 2 heterocycles. The summed E-state index contributed by atoms with van der Waals surface area (Å²) in [5, 5.41) is 13.7. The molecule has 0 aromatic carbocycles. The zero-order valence-electron chi connectivity index (χ0n) is 23.3. The number of nitrogens with zero attached hydrogens (tertiary/aromatic N) is 1. The summed E-state index contributed by atoms with van der Waals surface area (Å²) in [4.78, 5) is 51.0. The zero-order valence-corrected chi connectivity index (χ0v) is 27.3. The average molecular weight is 665 g/mol. The van der Waals surface area contributed by atoms with Crippen molar-refractivity contribution in [1.82, 2.24) is 14.6 Å². The van der Waals surface area contributed by atoms with E-state index in [0.717, 1.165) is 16.3 Å². The van der Waals surface area contributed by atoms with Crippen molar-refractivity contribution in [1.29, 1.82) is 0 Å². The minimum atomic E-state index is -3.45. The minimum Gasteiger partial charge on any atom is -0.462 e. The fourth-order valence-electron chi connectivity index (χ4n) is 3.28. The van der Waals surface area contributed by atoms with E-state index in [1.807, 2.05) is 0 Å². The second-order valence-corrected chi connectivity index (χ2v) is 16.2. The Bertz CT molecular complexity index is 1240. The zero-order chi connectivity index (χ0) is 30.6. The fraction of sp³-hybridized carbons (Fsp3) is 0.739. The summed E-state index contributed by atoms with van der Waals surface area (Å²) in [6, 6.07) is -0.915. The molecule has 0 spiro atoms. The number of rotatable bonds is 12. The molecule has 0 amide bonds. The van der Waals surface area contributed by atoms with Gasteiger partial charge in [-0.15, -0.1) is 0 Å². The van der Waals surface area contributed by atoms with Crippen molar-refractivity contribution >= 4 is 64.5 Å². The third kappa shape index (κ3) is 9.35. The highest BCUT2D eigenvalue weighted by Gasteiger charge is 2.56. The number of aliphatic hydroxyl groups excluding tert-OH is 1. The van der Waals surface area contributed by atoms with Crippen molar-refractivity contribution < 1.29 is 33.2 Å². The van der Waals surface area contributed by atoms with Crippen molar-refractivity contribution in [2.75, 3.05) is 19.0 Å². The molecule has 17 heteroatoms. The molecule has 1 fully saturated rings. The van der Waals surface area contributed by atoms with E-state index in [1.165, 1.54) is 20.0 Å². The highest BCUT2D eigenvalue weighted by Crippen LogP contribution is 2.49. The number of halogens is 2. The van der Waals surface area contributed by atoms with Crippen molar-refractivity contribution in [3.05, 3.63) is 32.6 Å². The maximum absolute atomic E-state index is 12.4. The molecule has 1 aliphatic rings. The van der Waals surface area contributed by atoms with Gasteiger partial charge in [-0.2, -0.15) is 0 Å². The fourth-order valence-corrected chi connectivity index (χ4v) is 7.14. The number of aromatic nitrogens is 2. The molecule has 0 saturated carbocycles. The quantitative estimate of drug-likeness (QED) is 0.130. The van der Waals surface area contributed by atoms with Crippen LogP contribution in [0.25, 0.3) is 0 Å². The van der Waals surface area contributed by atoms with E-state index in [2.05, 4.69) is 10.1 Å². The molecule has 40 heavy (non-hydrogen) atoms. The molecule has 0 aliphatic carbocycles. The number of ether oxygens (including phenoxy) is 2. The maximum atomic E-state index is 12.4. The van der Waals surface area contributed by atoms with Gasteiger partial charge >= 0.3 is 11.7 Å². The number of aryl methyl sites for hydroxylation is 1. The highest BCUT2D eigenvalue weighted by atomic mass is 35.5. The molecule has 2 rings (SSSR count). The molecule has 1 aromatic rings. The number of alkyl halides is 2. The Morgan fingerprint density at radius 1 is 1.30 bits per heavy atom. The van der Waals surface area contributed by atoms with Crippen LogP contribution >= 0.6 is 41.6 Å². The number of aromatic amines is 1. The topological polar surface area (TPSA) is 158 Å². The molecule has 0 bridgehead atoms. The SMILES string of the molecule is Cc1cn([C@@H]2O[C@H](CO[P@@](=S)(N[C@H](C)C(=O)OC(C)C)OCCSC(=O)C(C)(C)C)[C@@H](O)C2(Cl)Cl)c(=O)[nH]c1=O. The summed E-state index contributed by atoms with van der Waals surface area (Å²) in [6.45, 7) is 7.99. The van der Waals surface area contributed by atoms with Crippen LogP contribution in [0.15, 0.2) is 15.8 Å². The summed E-state index contributed by atoms with van der Waals surface area (Å²) < 4.78 is 21.7. The Labute approximate surface area is 252 Å². The van der Waals surface area contributed by atoms with Gasteiger partial charge in [0.15, 0.2) is 15.7 Å². The van der Waals surface area contributed by atoms with Crippen LogP contribution in [0.1, 0.15) is 53.3 Å². The van der Waals surface area contributed by atoms with Gasteiger partial charge in [0.2, 0.25) is 0 Å². The van der Waals surface area contributed by atoms with E-state index in [4.69, 9.17) is 53.5 Å². The molecule has 12 nitrogen and oxygen atoms in total. The normalized spacial score (nSPS) is 23.1. The van der Waals surface area contributed by atoms with Gasteiger partial charge < -0.3 is 23.6 Å². The Hall–Kier alpha value is -0.800. The van der Waals surface area contributed by atoms with E-state index in [1.54, 1.807) is 34.6 Å². The first-order chi connectivity index (χ1) is 18.3. The van der Waals surface area contributed by atoms with E-state index in [-0.39, 0.29) is 35.7 Å². The van der Waals surface area contributed by atoms with Crippen LogP contribution in [0.2, 0.25) is 0 Å². The lowest BCUT2D eigenvalue weighted by atomic mass is 10.00. The number of carbonyl (C=O) groups is 2. The Morgan fingerprint density at radius 2 is 1.93 bits per heavy atom. The van der Waals surface area contributed by atoms with Gasteiger partial charge in [0.25, 0.3) is 12.2 Å². The summed E-state index contributed by atoms with van der Waals surface area (Å²) in [5.41, 5.74) is -1.77. The van der Waals surface area contributed by atoms with Crippen molar-refractivity contribution in [2.24, 2.45) is 5.41 Å². The number of thioether (sulfide) groups is 1. The van der Waals surface area contributed by atoms with Gasteiger partial charge in [-0.05, 0) is 39.5 Å². The first-order valence-corrected chi connectivity index (χ1v) is 16.7. The van der Waals surface area contributed by atoms with Gasteiger partial charge in [0, 0.05) is 22.9 Å². The minimum absolute atomic E-state index is 0.0143. The molecule has 0 unspecified atom stereocenters. The van der Waals surface area contributed by atoms with E-state index >= 15 is 0 Å². The Morgan fingerprint density at radius 3 is 2.50 bits per heavy atom. The van der Waals surface area contributed by atoms with Crippen molar-refractivity contribution in [3.8, 4) is 0 Å². The lowest BCUT2D eigenvalue weighted by Gasteiger charge is -2.28. The van der Waals surface area contributed by atoms with Gasteiger partial charge in [-0.3, -0.25) is 23.9 Å². The lowest BCUT2D eigenvalue weighted by molar-refractivity contribution is -0.149. The maximum Gasteiger partial charge on any atom is 0.330 e. The third-order valence-electron chi connectivity index (χ3n) is 5.43. The largest absolute Gasteiger partial charge is 0.462 e. The number of hydrogen-bond donors (Lipinski definition) is 3. The summed E-state index contributed by atoms with van der Waals surface area (Å²) in [5.74, 6) is -0.310. The summed E-state index contributed by atoms with van der Waals surface area (Å²) in [7, 11) is 0. The predicted octanol–water partition coefficient (Wildman–Crippen LogP) is 2.77. The van der Waals surface area contributed by atoms with E-state index in [9.17, 15) is 24.3 Å². The van der Waals surface area contributed by atoms with Crippen LogP contribution in [0.5, 0.6) is 0 Å². The van der Waals surface area contributed by atoms with Crippen LogP contribution in [0.3, 0.4) is 0 Å².